The van der Waals surface area contributed by atoms with Crippen LogP contribution in [0.15, 0.2) is 35.3 Å². The van der Waals surface area contributed by atoms with Crippen molar-refractivity contribution >= 4 is 123 Å². The van der Waals surface area contributed by atoms with E-state index in [4.69, 9.17) is 19.9 Å². The third kappa shape index (κ3) is 10.4. The topological polar surface area (TPSA) is 115 Å². The predicted molar refractivity (Wildman–Crippen MR) is 373 cm³/mol. The van der Waals surface area contributed by atoms with E-state index in [1.54, 1.807) is 0 Å². The van der Waals surface area contributed by atoms with E-state index < -0.39 is 0 Å². The SMILES string of the molecule is CCC1=C(CC)c2cc3[nH]c(c(/C=C\c4c5nc(cc6[nH]c(c(C=CBr)c7nc(cc8[nH]c4c(CC)c8CC)C(CC)=C7CC)c(CC)c6CC)C(CC)=C5CC)c4nc(cc5[nH]c(cc1n2)c(CC)c5CC)C(CC)=C4CC)c(CC)c3CC. The number of fused-ring (bicyclic) bond motifs is 16. The number of halogens is 1. The highest BCUT2D eigenvalue weighted by molar-refractivity contribution is 9.11. The Morgan fingerprint density at radius 1 is 0.271 bits per heavy atom. The normalized spacial score (nSPS) is 13.9. The summed E-state index contributed by atoms with van der Waals surface area (Å²) in [5, 5.41) is 0. The lowest BCUT2D eigenvalue weighted by Crippen LogP contribution is -1.94. The zero-order valence-electron chi connectivity index (χ0n) is 54.2. The average molecular weight is 1200 g/mol. The third-order valence-electron chi connectivity index (χ3n) is 19.1. The Kier molecular flexibility index (Phi) is 18.7. The minimum absolute atomic E-state index is 0.840. The van der Waals surface area contributed by atoms with Gasteiger partial charge in [-0.1, -0.05) is 127 Å². The van der Waals surface area contributed by atoms with Crippen molar-refractivity contribution < 1.29 is 0 Å². The van der Waals surface area contributed by atoms with Gasteiger partial charge >= 0.3 is 0 Å². The maximum absolute atomic E-state index is 5.93. The van der Waals surface area contributed by atoms with Crippen LogP contribution in [0.2, 0.25) is 0 Å². The predicted octanol–water partition coefficient (Wildman–Crippen LogP) is 21.9. The first-order valence-electron chi connectivity index (χ1n) is 32.9. The number of nitrogens with one attached hydrogen (secondary N) is 4. The van der Waals surface area contributed by atoms with E-state index >= 15 is 0 Å². The van der Waals surface area contributed by atoms with Gasteiger partial charge < -0.3 is 19.9 Å². The summed E-state index contributed by atoms with van der Waals surface area (Å²) in [6.45, 7) is 36.8. The van der Waals surface area contributed by atoms with Crippen LogP contribution in [-0.2, 0) is 51.4 Å². The van der Waals surface area contributed by atoms with Crippen LogP contribution in [0.5, 0.6) is 0 Å². The van der Waals surface area contributed by atoms with Crippen LogP contribution < -0.4 is 0 Å². The fraction of sp³-hybridized carbons (Fsp3) is 0.421. The molecule has 4 aliphatic heterocycles. The van der Waals surface area contributed by atoms with Gasteiger partial charge in [0.25, 0.3) is 0 Å². The van der Waals surface area contributed by atoms with E-state index in [1.807, 2.05) is 4.99 Å². The quantitative estimate of drug-likeness (QED) is 0.0647. The molecule has 0 unspecified atom stereocenters. The van der Waals surface area contributed by atoms with E-state index in [9.17, 15) is 0 Å². The molecule has 4 N–H and O–H groups in total. The molecule has 8 nitrogen and oxygen atoms in total. The van der Waals surface area contributed by atoms with E-state index in [0.717, 1.165) is 209 Å². The Hall–Kier alpha value is -6.84. The van der Waals surface area contributed by atoms with E-state index in [2.05, 4.69) is 195 Å². The number of aromatic amines is 4. The second-order valence-electron chi connectivity index (χ2n) is 23.0. The largest absolute Gasteiger partial charge is 0.355 e. The van der Waals surface area contributed by atoms with Crippen molar-refractivity contribution in [3.8, 4) is 0 Å². The molecule has 0 atom stereocenters. The highest BCUT2D eigenvalue weighted by atomic mass is 79.9. The summed E-state index contributed by atoms with van der Waals surface area (Å²) < 4.78 is 0. The average Bonchev–Trinajstić information content (AvgIpc) is 2.61. The minimum Gasteiger partial charge on any atom is -0.355 e. The summed E-state index contributed by atoms with van der Waals surface area (Å²) in [5.74, 6) is 0. The molecule has 0 saturated heterocycles. The molecule has 0 fully saturated rings. The van der Waals surface area contributed by atoms with Crippen molar-refractivity contribution in [3.05, 3.63) is 142 Å². The minimum atomic E-state index is 0.840. The third-order valence-corrected chi connectivity index (χ3v) is 19.4. The fourth-order valence-corrected chi connectivity index (χ4v) is 15.5. The number of hydrogen-bond donors (Lipinski definition) is 4. The van der Waals surface area contributed by atoms with E-state index in [1.165, 1.54) is 89.1 Å². The van der Waals surface area contributed by atoms with Crippen LogP contribution in [0.4, 0.5) is 0 Å². The van der Waals surface area contributed by atoms with Gasteiger partial charge in [-0.05, 0) is 245 Å². The van der Waals surface area contributed by atoms with Crippen LogP contribution >= 0.6 is 15.9 Å². The summed E-state index contributed by atoms with van der Waals surface area (Å²) >= 11 is 3.73. The van der Waals surface area contributed by atoms with Crippen molar-refractivity contribution in [2.24, 2.45) is 0 Å². The van der Waals surface area contributed by atoms with Crippen LogP contribution in [0, 0.1) is 0 Å². The number of rotatable bonds is 19. The molecular formula is C76H93BrN8. The van der Waals surface area contributed by atoms with Gasteiger partial charge in [0.05, 0.1) is 62.1 Å². The van der Waals surface area contributed by atoms with Gasteiger partial charge in [-0.2, -0.15) is 0 Å². The van der Waals surface area contributed by atoms with Crippen LogP contribution in [0.25, 0.3) is 107 Å². The highest BCUT2D eigenvalue weighted by Gasteiger charge is 2.29. The Labute approximate surface area is 515 Å². The summed E-state index contributed by atoms with van der Waals surface area (Å²) in [7, 11) is 0. The van der Waals surface area contributed by atoms with Gasteiger partial charge in [-0.3, -0.25) is 0 Å². The number of aryl methyl sites for hydroxylation is 8. The molecule has 6 aromatic rings. The molecule has 0 spiro atoms. The number of H-pyrrole nitrogens is 4. The van der Waals surface area contributed by atoms with Crippen molar-refractivity contribution in [2.75, 3.05) is 0 Å². The Bertz CT molecular complexity index is 4200. The number of hydrogen-bond acceptors (Lipinski definition) is 4. The monoisotopic (exact) mass is 1200 g/mol. The first kappa shape index (κ1) is 61.3. The van der Waals surface area contributed by atoms with Gasteiger partial charge in [-0.15, -0.1) is 0 Å². The summed E-state index contributed by atoms with van der Waals surface area (Å²) in [4.78, 5) is 41.5. The molecule has 0 aromatic carbocycles. The molecule has 0 aliphatic carbocycles. The summed E-state index contributed by atoms with van der Waals surface area (Å²) in [5.41, 5.74) is 42.0. The Morgan fingerprint density at radius 3 is 0.741 bits per heavy atom. The second-order valence-corrected chi connectivity index (χ2v) is 23.5. The zero-order valence-corrected chi connectivity index (χ0v) is 55.8. The van der Waals surface area contributed by atoms with Crippen LogP contribution in [0.3, 0.4) is 0 Å². The zero-order chi connectivity index (χ0) is 60.5. The summed E-state index contributed by atoms with van der Waals surface area (Å²) in [6, 6.07) is 11.8. The van der Waals surface area contributed by atoms with E-state index in [-0.39, 0.29) is 0 Å². The lowest BCUT2D eigenvalue weighted by molar-refractivity contribution is 1.07. The van der Waals surface area contributed by atoms with Crippen LogP contribution in [0.1, 0.15) is 269 Å². The summed E-state index contributed by atoms with van der Waals surface area (Å²) in [6.07, 6.45) is 21.2. The molecule has 0 amide bonds. The molecule has 85 heavy (non-hydrogen) atoms. The maximum Gasteiger partial charge on any atom is 0.0765 e. The first-order chi connectivity index (χ1) is 41.4. The second kappa shape index (κ2) is 26.0. The molecular weight excluding hydrogens is 1100 g/mol. The highest BCUT2D eigenvalue weighted by Crippen LogP contribution is 2.45. The van der Waals surface area contributed by atoms with Crippen molar-refractivity contribution in [3.63, 3.8) is 0 Å². The van der Waals surface area contributed by atoms with Gasteiger partial charge in [0.1, 0.15) is 0 Å². The van der Waals surface area contributed by atoms with E-state index in [0.29, 0.717) is 0 Å². The first-order valence-corrected chi connectivity index (χ1v) is 33.8. The molecule has 10 heterocycles. The van der Waals surface area contributed by atoms with Gasteiger partial charge in [0, 0.05) is 44.3 Å². The molecule has 0 radical (unpaired) electrons. The Balaban J connectivity index is 1.45. The molecule has 6 aromatic heterocycles. The molecule has 9 heteroatoms. The maximum atomic E-state index is 5.93. The lowest BCUT2D eigenvalue weighted by atomic mass is 9.94. The number of nitrogens with zero attached hydrogens (tertiary/aromatic N) is 4. The molecule has 16 bridgehead atoms. The van der Waals surface area contributed by atoms with Gasteiger partial charge in [-0.25, -0.2) is 19.9 Å². The smallest absolute Gasteiger partial charge is 0.0765 e. The van der Waals surface area contributed by atoms with Gasteiger partial charge in [0.15, 0.2) is 0 Å². The fourth-order valence-electron chi connectivity index (χ4n) is 15.3. The molecule has 0 saturated carbocycles. The lowest BCUT2D eigenvalue weighted by Gasteiger charge is -2.09. The molecule has 4 aliphatic rings. The Morgan fingerprint density at radius 2 is 0.494 bits per heavy atom. The number of allylic oxidation sites excluding steroid dienone is 8. The van der Waals surface area contributed by atoms with Crippen LogP contribution in [-0.4, -0.2) is 39.9 Å². The standard InChI is InChI=1S/C76H93BrN8/c1-17-42-44(19-3)63-38-65-46(21-5)52(27-11)71(80-65)58(72-53(28-12)47(22-6)66(81-72)39-64-45(20-4)43(18-2)62(79-64)37-61(42)78-63)33-34-59-73-54(29-13)48(23-7)67(82-73)40-69-50(25-9)56(31-15)75(84-69)60(35-36-77)76-57(32-16)51(26-10)70(85-76)41-68-49(24-8)55(30-14)74(59)83-68/h33-41,78,81-82,85H,17-32H2,1-16H3/b34-33-,36-35?,61-37?,62-37?,63-38?,64-39?,65-38?,66-39?,67-40?,68-41?,69-40?,70-41?,71-58?,72-58?,73-59?,74-59?,75-60?,76-60?. The van der Waals surface area contributed by atoms with Crippen molar-refractivity contribution in [1.82, 2.24) is 39.9 Å². The number of aromatic nitrogens is 8. The van der Waals surface area contributed by atoms with Crippen molar-refractivity contribution in [2.45, 2.75) is 214 Å². The van der Waals surface area contributed by atoms with Crippen molar-refractivity contribution in [1.29, 1.82) is 0 Å². The molecule has 444 valence electrons. The molecule has 10 rings (SSSR count). The van der Waals surface area contributed by atoms with Gasteiger partial charge in [0.2, 0.25) is 0 Å².